The number of nitrogens with one attached hydrogen (secondary N) is 1. The van der Waals surface area contributed by atoms with Gasteiger partial charge in [0, 0.05) is 19.0 Å². The largest absolute Gasteiger partial charge is 0.497 e. The van der Waals surface area contributed by atoms with Gasteiger partial charge in [-0.3, -0.25) is 10.1 Å². The molecule has 9 nitrogen and oxygen atoms in total. The van der Waals surface area contributed by atoms with E-state index in [1.165, 1.54) is 23.5 Å². The van der Waals surface area contributed by atoms with Crippen LogP contribution in [0.2, 0.25) is 5.02 Å². The summed E-state index contributed by atoms with van der Waals surface area (Å²) in [4.78, 5) is 12.8. The highest BCUT2D eigenvalue weighted by molar-refractivity contribution is 7.89. The minimum Gasteiger partial charge on any atom is -0.497 e. The number of amides is 1. The molecular weight excluding hydrogens is 456 g/mol. The molecule has 168 valence electrons. The van der Waals surface area contributed by atoms with Crippen LogP contribution in [-0.4, -0.2) is 49.0 Å². The zero-order chi connectivity index (χ0) is 22.7. The molecule has 0 spiro atoms. The predicted molar refractivity (Wildman–Crippen MR) is 118 cm³/mol. The molecule has 0 atom stereocenters. The number of methoxy groups -OCH3 is 1. The van der Waals surface area contributed by atoms with Gasteiger partial charge in [-0.05, 0) is 49.2 Å². The average Bonchev–Trinajstić information content (AvgIpc) is 3.27. The fourth-order valence-electron chi connectivity index (χ4n) is 3.48. The van der Waals surface area contributed by atoms with Crippen LogP contribution in [-0.2, 0) is 14.8 Å². The second-order valence-electron chi connectivity index (χ2n) is 7.24. The van der Waals surface area contributed by atoms with Crippen LogP contribution < -0.4 is 10.1 Å². The number of nitrogens with zero attached hydrogens (tertiary/aromatic N) is 3. The Morgan fingerprint density at radius 2 is 1.81 bits per heavy atom. The lowest BCUT2D eigenvalue weighted by atomic mass is 9.97. The van der Waals surface area contributed by atoms with Crippen molar-refractivity contribution in [2.24, 2.45) is 5.92 Å². The Balaban J connectivity index is 1.36. The summed E-state index contributed by atoms with van der Waals surface area (Å²) in [5, 5.41) is 10.8. The Kier molecular flexibility index (Phi) is 6.45. The van der Waals surface area contributed by atoms with Gasteiger partial charge in [0.2, 0.25) is 15.9 Å². The zero-order valence-corrected chi connectivity index (χ0v) is 18.8. The number of sulfonamides is 1. The van der Waals surface area contributed by atoms with Crippen LogP contribution in [0.25, 0.3) is 11.5 Å². The van der Waals surface area contributed by atoms with Crippen molar-refractivity contribution in [3.63, 3.8) is 0 Å². The van der Waals surface area contributed by atoms with Crippen molar-refractivity contribution in [1.29, 1.82) is 0 Å². The molecule has 1 aliphatic rings. The molecule has 0 saturated carbocycles. The molecule has 1 N–H and O–H groups in total. The van der Waals surface area contributed by atoms with Crippen LogP contribution in [0.5, 0.6) is 5.75 Å². The predicted octanol–water partition coefficient (Wildman–Crippen LogP) is 3.44. The molecule has 0 aliphatic carbocycles. The number of anilines is 1. The van der Waals surface area contributed by atoms with E-state index in [-0.39, 0.29) is 41.7 Å². The van der Waals surface area contributed by atoms with Crippen molar-refractivity contribution in [2.45, 2.75) is 17.7 Å². The molecule has 3 aromatic rings. The van der Waals surface area contributed by atoms with Crippen LogP contribution in [0, 0.1) is 5.92 Å². The Morgan fingerprint density at radius 1 is 1.12 bits per heavy atom. The number of carbonyl (C=O) groups is 1. The Bertz CT molecular complexity index is 1200. The first-order valence-electron chi connectivity index (χ1n) is 9.92. The van der Waals surface area contributed by atoms with Gasteiger partial charge in [-0.1, -0.05) is 28.8 Å². The van der Waals surface area contributed by atoms with Gasteiger partial charge in [0.25, 0.3) is 5.89 Å². The minimum absolute atomic E-state index is 0.0294. The molecule has 11 heteroatoms. The van der Waals surface area contributed by atoms with E-state index in [1.807, 2.05) is 0 Å². The third kappa shape index (κ3) is 4.62. The normalized spacial score (nSPS) is 15.4. The SMILES string of the molecule is COc1ccc(S(=O)(=O)N2CCC(C(=O)Nc3nnc(-c4ccccc4Cl)o3)CC2)cc1. The van der Waals surface area contributed by atoms with E-state index in [2.05, 4.69) is 15.5 Å². The van der Waals surface area contributed by atoms with Crippen molar-refractivity contribution in [1.82, 2.24) is 14.5 Å². The van der Waals surface area contributed by atoms with Crippen LogP contribution in [0.3, 0.4) is 0 Å². The molecule has 2 heterocycles. The third-order valence-corrected chi connectivity index (χ3v) is 7.52. The van der Waals surface area contributed by atoms with Crippen LogP contribution in [0.1, 0.15) is 12.8 Å². The van der Waals surface area contributed by atoms with E-state index in [1.54, 1.807) is 36.4 Å². The molecule has 0 unspecified atom stereocenters. The molecule has 1 saturated heterocycles. The van der Waals surface area contributed by atoms with Crippen molar-refractivity contribution in [2.75, 3.05) is 25.5 Å². The van der Waals surface area contributed by atoms with Gasteiger partial charge < -0.3 is 9.15 Å². The van der Waals surface area contributed by atoms with E-state index >= 15 is 0 Å². The maximum atomic E-state index is 12.9. The molecule has 2 aromatic carbocycles. The standard InChI is InChI=1S/C21H21ClN4O5S/c1-30-15-6-8-16(9-7-15)32(28,29)26-12-10-14(11-13-26)19(27)23-21-25-24-20(31-21)17-4-2-3-5-18(17)22/h2-9,14H,10-13H2,1H3,(H,23,25,27). The second kappa shape index (κ2) is 9.27. The number of hydrogen-bond acceptors (Lipinski definition) is 7. The molecule has 1 aromatic heterocycles. The van der Waals surface area contributed by atoms with E-state index < -0.39 is 10.0 Å². The number of ether oxygens (including phenoxy) is 1. The maximum absolute atomic E-state index is 12.9. The van der Waals surface area contributed by atoms with Crippen molar-refractivity contribution >= 4 is 33.5 Å². The average molecular weight is 477 g/mol. The lowest BCUT2D eigenvalue weighted by molar-refractivity contribution is -0.121. The van der Waals surface area contributed by atoms with Gasteiger partial charge in [0.1, 0.15) is 5.75 Å². The van der Waals surface area contributed by atoms with E-state index in [0.717, 1.165) is 0 Å². The van der Waals surface area contributed by atoms with Gasteiger partial charge in [-0.2, -0.15) is 4.31 Å². The molecule has 0 radical (unpaired) electrons. The van der Waals surface area contributed by atoms with Crippen molar-refractivity contribution < 1.29 is 22.4 Å². The quantitative estimate of drug-likeness (QED) is 0.579. The van der Waals surface area contributed by atoms with Crippen LogP contribution in [0.15, 0.2) is 57.8 Å². The molecule has 1 amide bonds. The number of aromatic nitrogens is 2. The number of halogens is 1. The van der Waals surface area contributed by atoms with E-state index in [9.17, 15) is 13.2 Å². The summed E-state index contributed by atoms with van der Waals surface area (Å²) < 4.78 is 37.7. The zero-order valence-electron chi connectivity index (χ0n) is 17.2. The van der Waals surface area contributed by atoms with E-state index in [4.69, 9.17) is 20.8 Å². The summed E-state index contributed by atoms with van der Waals surface area (Å²) in [6.07, 6.45) is 0.763. The number of rotatable bonds is 6. The number of benzene rings is 2. The highest BCUT2D eigenvalue weighted by atomic mass is 35.5. The molecule has 1 aliphatic heterocycles. The minimum atomic E-state index is -3.63. The van der Waals surface area contributed by atoms with Crippen molar-refractivity contribution in [3.8, 4) is 17.2 Å². The lowest BCUT2D eigenvalue weighted by Crippen LogP contribution is -2.41. The number of hydrogen-bond donors (Lipinski definition) is 1. The molecule has 0 bridgehead atoms. The summed E-state index contributed by atoms with van der Waals surface area (Å²) in [6, 6.07) is 13.2. The fourth-order valence-corrected chi connectivity index (χ4v) is 5.17. The summed E-state index contributed by atoms with van der Waals surface area (Å²) in [6.45, 7) is 0.475. The molecule has 32 heavy (non-hydrogen) atoms. The molecular formula is C21H21ClN4O5S. The smallest absolute Gasteiger partial charge is 0.322 e. The summed E-state index contributed by atoms with van der Waals surface area (Å²) in [5.41, 5.74) is 0.569. The van der Waals surface area contributed by atoms with Gasteiger partial charge in [-0.15, -0.1) is 5.10 Å². The Hall–Kier alpha value is -2.95. The fraction of sp³-hybridized carbons (Fsp3) is 0.286. The summed E-state index contributed by atoms with van der Waals surface area (Å²) in [5.74, 6) is 0.123. The molecule has 1 fully saturated rings. The van der Waals surface area contributed by atoms with E-state index in [0.29, 0.717) is 29.2 Å². The van der Waals surface area contributed by atoms with Gasteiger partial charge in [-0.25, -0.2) is 8.42 Å². The van der Waals surface area contributed by atoms with Gasteiger partial charge >= 0.3 is 6.01 Å². The maximum Gasteiger partial charge on any atom is 0.322 e. The second-order valence-corrected chi connectivity index (χ2v) is 9.58. The van der Waals surface area contributed by atoms with Crippen LogP contribution >= 0.6 is 11.6 Å². The topological polar surface area (TPSA) is 115 Å². The van der Waals surface area contributed by atoms with Crippen LogP contribution in [0.4, 0.5) is 6.01 Å². The Morgan fingerprint density at radius 3 is 2.47 bits per heavy atom. The summed E-state index contributed by atoms with van der Waals surface area (Å²) >= 11 is 6.13. The van der Waals surface area contributed by atoms with Crippen molar-refractivity contribution in [3.05, 3.63) is 53.6 Å². The van der Waals surface area contributed by atoms with Gasteiger partial charge in [0.15, 0.2) is 0 Å². The monoisotopic (exact) mass is 476 g/mol. The highest BCUT2D eigenvalue weighted by Crippen LogP contribution is 2.29. The third-order valence-electron chi connectivity index (χ3n) is 5.28. The molecule has 4 rings (SSSR count). The highest BCUT2D eigenvalue weighted by Gasteiger charge is 2.32. The van der Waals surface area contributed by atoms with Gasteiger partial charge in [0.05, 0.1) is 22.6 Å². The Labute approximate surface area is 190 Å². The first kappa shape index (κ1) is 22.3. The number of piperidine rings is 1. The summed E-state index contributed by atoms with van der Waals surface area (Å²) in [7, 11) is -2.11. The first-order chi connectivity index (χ1) is 15.4. The first-order valence-corrected chi connectivity index (χ1v) is 11.7. The number of carbonyl (C=O) groups excluding carboxylic acids is 1. The lowest BCUT2D eigenvalue weighted by Gasteiger charge is -2.30.